The van der Waals surface area contributed by atoms with E-state index in [4.69, 9.17) is 16.3 Å². The second-order valence-corrected chi connectivity index (χ2v) is 7.18. The third kappa shape index (κ3) is 4.45. The van der Waals surface area contributed by atoms with Crippen LogP contribution >= 0.6 is 22.9 Å². The smallest absolute Gasteiger partial charge is 0.408 e. The summed E-state index contributed by atoms with van der Waals surface area (Å²) in [4.78, 5) is 16.8. The lowest BCUT2D eigenvalue weighted by atomic mass is 10.1. The van der Waals surface area contributed by atoms with Gasteiger partial charge in [-0.15, -0.1) is 11.3 Å². The Labute approximate surface area is 139 Å². The van der Waals surface area contributed by atoms with Crippen molar-refractivity contribution in [1.29, 1.82) is 0 Å². The predicted octanol–water partition coefficient (Wildman–Crippen LogP) is 5.05. The van der Waals surface area contributed by atoms with E-state index in [2.05, 4.69) is 10.3 Å². The number of alkyl carbamates (subject to hydrolysis) is 1. The normalized spacial score (nSPS) is 12.8. The SMILES string of the molecule is C[C@H](NC(=O)OC(C)(C)C)c1ccc(-c2scnc2Cl)cc1. The summed E-state index contributed by atoms with van der Waals surface area (Å²) >= 11 is 7.53. The molecule has 4 nitrogen and oxygen atoms in total. The quantitative estimate of drug-likeness (QED) is 0.852. The molecule has 0 aliphatic rings. The Bertz CT molecular complexity index is 647. The summed E-state index contributed by atoms with van der Waals surface area (Å²) in [5.41, 5.74) is 3.23. The monoisotopic (exact) mass is 338 g/mol. The molecule has 1 aromatic carbocycles. The van der Waals surface area contributed by atoms with E-state index in [0.717, 1.165) is 16.0 Å². The average molecular weight is 339 g/mol. The van der Waals surface area contributed by atoms with Crippen LogP contribution in [0.3, 0.4) is 0 Å². The van der Waals surface area contributed by atoms with E-state index < -0.39 is 11.7 Å². The molecule has 0 unspecified atom stereocenters. The number of benzene rings is 1. The third-order valence-corrected chi connectivity index (χ3v) is 4.20. The van der Waals surface area contributed by atoms with Crippen molar-refractivity contribution in [2.24, 2.45) is 0 Å². The van der Waals surface area contributed by atoms with Crippen molar-refractivity contribution in [1.82, 2.24) is 10.3 Å². The number of aromatic nitrogens is 1. The van der Waals surface area contributed by atoms with Crippen molar-refractivity contribution < 1.29 is 9.53 Å². The lowest BCUT2D eigenvalue weighted by molar-refractivity contribution is 0.0508. The molecule has 0 saturated carbocycles. The lowest BCUT2D eigenvalue weighted by Gasteiger charge is -2.22. The van der Waals surface area contributed by atoms with Gasteiger partial charge in [0.25, 0.3) is 0 Å². The Kier molecular flexibility index (Phi) is 5.08. The number of nitrogens with zero attached hydrogens (tertiary/aromatic N) is 1. The molecule has 6 heteroatoms. The fourth-order valence-electron chi connectivity index (χ4n) is 1.91. The molecule has 22 heavy (non-hydrogen) atoms. The molecule has 1 N–H and O–H groups in total. The fraction of sp³-hybridized carbons (Fsp3) is 0.375. The van der Waals surface area contributed by atoms with E-state index in [0.29, 0.717) is 5.15 Å². The first kappa shape index (κ1) is 16.8. The number of amides is 1. The van der Waals surface area contributed by atoms with Crippen LogP contribution in [0.5, 0.6) is 0 Å². The molecule has 0 spiro atoms. The van der Waals surface area contributed by atoms with Gasteiger partial charge in [-0.2, -0.15) is 0 Å². The van der Waals surface area contributed by atoms with Crippen LogP contribution in [-0.4, -0.2) is 16.7 Å². The van der Waals surface area contributed by atoms with Crippen LogP contribution in [0.2, 0.25) is 5.15 Å². The predicted molar refractivity (Wildman–Crippen MR) is 90.3 cm³/mol. The lowest BCUT2D eigenvalue weighted by Crippen LogP contribution is -2.34. The van der Waals surface area contributed by atoms with Crippen molar-refractivity contribution in [3.63, 3.8) is 0 Å². The van der Waals surface area contributed by atoms with E-state index in [9.17, 15) is 4.79 Å². The summed E-state index contributed by atoms with van der Waals surface area (Å²) in [6.07, 6.45) is -0.422. The van der Waals surface area contributed by atoms with E-state index in [-0.39, 0.29) is 6.04 Å². The first-order valence-corrected chi connectivity index (χ1v) is 8.21. The summed E-state index contributed by atoms with van der Waals surface area (Å²) in [7, 11) is 0. The molecule has 1 atom stereocenters. The first-order valence-electron chi connectivity index (χ1n) is 6.95. The van der Waals surface area contributed by atoms with Crippen molar-refractivity contribution in [2.75, 3.05) is 0 Å². The Hall–Kier alpha value is -1.59. The van der Waals surface area contributed by atoms with Gasteiger partial charge in [0.2, 0.25) is 0 Å². The van der Waals surface area contributed by atoms with Crippen LogP contribution in [0, 0.1) is 0 Å². The number of carbonyl (C=O) groups is 1. The number of halogens is 1. The molecule has 0 fully saturated rings. The minimum atomic E-state index is -0.503. The Balaban J connectivity index is 2.04. The standard InChI is InChI=1S/C16H19ClN2O2S/c1-10(19-15(20)21-16(2,3)4)11-5-7-12(8-6-11)13-14(17)18-9-22-13/h5-10H,1-4H3,(H,19,20)/t10-/m0/s1. The molecule has 0 aliphatic carbocycles. The molecular formula is C16H19ClN2O2S. The van der Waals surface area contributed by atoms with Gasteiger partial charge in [-0.25, -0.2) is 9.78 Å². The van der Waals surface area contributed by atoms with Crippen molar-refractivity contribution >= 4 is 29.0 Å². The minimum Gasteiger partial charge on any atom is -0.444 e. The third-order valence-electron chi connectivity index (χ3n) is 2.93. The van der Waals surface area contributed by atoms with Crippen molar-refractivity contribution in [3.8, 4) is 10.4 Å². The summed E-state index contributed by atoms with van der Waals surface area (Å²) in [5.74, 6) is 0. The van der Waals surface area contributed by atoms with E-state index in [1.54, 1.807) is 5.51 Å². The zero-order valence-corrected chi connectivity index (χ0v) is 14.6. The Morgan fingerprint density at radius 1 is 1.32 bits per heavy atom. The van der Waals surface area contributed by atoms with Crippen molar-refractivity contribution in [2.45, 2.75) is 39.3 Å². The highest BCUT2D eigenvalue weighted by atomic mass is 35.5. The highest BCUT2D eigenvalue weighted by Gasteiger charge is 2.18. The largest absolute Gasteiger partial charge is 0.444 e. The maximum atomic E-state index is 11.8. The van der Waals surface area contributed by atoms with E-state index >= 15 is 0 Å². The Morgan fingerprint density at radius 2 is 1.95 bits per heavy atom. The number of thiazole rings is 1. The number of nitrogens with one attached hydrogen (secondary N) is 1. The molecule has 0 bridgehead atoms. The van der Waals surface area contributed by atoms with Gasteiger partial charge in [-0.1, -0.05) is 35.9 Å². The molecule has 2 aromatic rings. The number of hydrogen-bond acceptors (Lipinski definition) is 4. The van der Waals surface area contributed by atoms with E-state index in [1.807, 2.05) is 52.0 Å². The molecule has 2 rings (SSSR count). The molecule has 0 aliphatic heterocycles. The van der Waals surface area contributed by atoms with Gasteiger partial charge in [0, 0.05) is 0 Å². The molecule has 1 amide bonds. The number of hydrogen-bond donors (Lipinski definition) is 1. The number of ether oxygens (including phenoxy) is 1. The van der Waals surface area contributed by atoms with Gasteiger partial charge in [0.15, 0.2) is 0 Å². The van der Waals surface area contributed by atoms with Gasteiger partial charge in [0.1, 0.15) is 10.8 Å². The molecule has 1 heterocycles. The van der Waals surface area contributed by atoms with Crippen LogP contribution < -0.4 is 5.32 Å². The number of carbonyl (C=O) groups excluding carboxylic acids is 1. The highest BCUT2D eigenvalue weighted by molar-refractivity contribution is 7.13. The molecule has 0 saturated heterocycles. The minimum absolute atomic E-state index is 0.138. The zero-order valence-electron chi connectivity index (χ0n) is 13.0. The van der Waals surface area contributed by atoms with Gasteiger partial charge in [-0.3, -0.25) is 0 Å². The molecule has 1 aromatic heterocycles. The van der Waals surface area contributed by atoms with Crippen LogP contribution in [0.1, 0.15) is 39.3 Å². The van der Waals surface area contributed by atoms with Gasteiger partial charge in [0.05, 0.1) is 16.4 Å². The zero-order chi connectivity index (χ0) is 16.3. The maximum Gasteiger partial charge on any atom is 0.408 e. The topological polar surface area (TPSA) is 51.2 Å². The Morgan fingerprint density at radius 3 is 2.45 bits per heavy atom. The van der Waals surface area contributed by atoms with Crippen LogP contribution in [0.25, 0.3) is 10.4 Å². The van der Waals surface area contributed by atoms with Gasteiger partial charge < -0.3 is 10.1 Å². The maximum absolute atomic E-state index is 11.8. The highest BCUT2D eigenvalue weighted by Crippen LogP contribution is 2.31. The fourth-order valence-corrected chi connectivity index (χ4v) is 2.95. The van der Waals surface area contributed by atoms with Gasteiger partial charge >= 0.3 is 6.09 Å². The first-order chi connectivity index (χ1) is 10.3. The molecule has 0 radical (unpaired) electrons. The summed E-state index contributed by atoms with van der Waals surface area (Å²) < 4.78 is 5.25. The van der Waals surface area contributed by atoms with Gasteiger partial charge in [-0.05, 0) is 38.8 Å². The van der Waals surface area contributed by atoms with Crippen LogP contribution in [-0.2, 0) is 4.74 Å². The number of rotatable bonds is 3. The van der Waals surface area contributed by atoms with Crippen LogP contribution in [0.15, 0.2) is 29.8 Å². The van der Waals surface area contributed by atoms with Crippen LogP contribution in [0.4, 0.5) is 4.79 Å². The van der Waals surface area contributed by atoms with E-state index in [1.165, 1.54) is 11.3 Å². The summed E-state index contributed by atoms with van der Waals surface area (Å²) in [6.45, 7) is 7.43. The average Bonchev–Trinajstić information content (AvgIpc) is 2.83. The molecule has 118 valence electrons. The molecular weight excluding hydrogens is 320 g/mol. The summed E-state index contributed by atoms with van der Waals surface area (Å²) in [6, 6.07) is 7.74. The second kappa shape index (κ2) is 6.67. The summed E-state index contributed by atoms with van der Waals surface area (Å²) in [5, 5.41) is 3.33. The second-order valence-electron chi connectivity index (χ2n) is 5.96. The van der Waals surface area contributed by atoms with Crippen molar-refractivity contribution in [3.05, 3.63) is 40.5 Å².